The van der Waals surface area contributed by atoms with Crippen LogP contribution in [0.2, 0.25) is 0 Å². The molecule has 1 aliphatic heterocycles. The molecule has 1 aromatic carbocycles. The molecule has 88 valence electrons. The number of carbonyl (C=O) groups excluding carboxylic acids is 1. The molecule has 17 heavy (non-hydrogen) atoms. The summed E-state index contributed by atoms with van der Waals surface area (Å²) in [7, 11) is -4.01. The number of rotatable bonds is 3. The Bertz CT molecular complexity index is 607. The molecule has 2 rings (SSSR count). The normalized spacial score (nSPS) is 22.9. The molecule has 0 fully saturated rings. The maximum Gasteiger partial charge on any atom is 0.332 e. The van der Waals surface area contributed by atoms with E-state index in [0.29, 0.717) is 5.56 Å². The van der Waals surface area contributed by atoms with Crippen molar-refractivity contribution in [3.05, 3.63) is 29.8 Å². The zero-order valence-corrected chi connectivity index (χ0v) is 9.76. The molecule has 1 aliphatic rings. The lowest BCUT2D eigenvalue weighted by Crippen LogP contribution is -2.35. The summed E-state index contributed by atoms with van der Waals surface area (Å²) in [5, 5.41) is 6.77. The number of benzene rings is 1. The average molecular weight is 251 g/mol. The van der Waals surface area contributed by atoms with Crippen molar-refractivity contribution in [3.63, 3.8) is 0 Å². The molecule has 1 unspecified atom stereocenters. The predicted molar refractivity (Wildman–Crippen MR) is 60.5 cm³/mol. The summed E-state index contributed by atoms with van der Waals surface area (Å²) in [5.41, 5.74) is 0.533. The number of sulfone groups is 1. The van der Waals surface area contributed by atoms with E-state index in [1.54, 1.807) is 25.1 Å². The summed E-state index contributed by atoms with van der Waals surface area (Å²) in [4.78, 5) is 12.5. The average Bonchev–Trinajstić information content (AvgIpc) is 2.79. The van der Waals surface area contributed by atoms with Crippen LogP contribution < -0.4 is 0 Å². The van der Waals surface area contributed by atoms with E-state index < -0.39 is 14.8 Å². The lowest BCUT2D eigenvalue weighted by atomic mass is 10.2. The molecule has 0 saturated heterocycles. The minimum atomic E-state index is -4.01. The largest absolute Gasteiger partial charge is 0.332 e. The first-order chi connectivity index (χ1) is 8.03. The Kier molecular flexibility index (Phi) is 2.62. The third kappa shape index (κ3) is 1.59. The molecule has 0 aliphatic carbocycles. The van der Waals surface area contributed by atoms with Crippen LogP contribution in [0.3, 0.4) is 0 Å². The van der Waals surface area contributed by atoms with Crippen LogP contribution in [0.1, 0.15) is 5.56 Å². The van der Waals surface area contributed by atoms with Gasteiger partial charge in [-0.15, -0.1) is 10.2 Å². The molecule has 6 nitrogen and oxygen atoms in total. The topological polar surface area (TPSA) is 88.3 Å². The van der Waals surface area contributed by atoms with Crippen LogP contribution in [0, 0.1) is 6.92 Å². The van der Waals surface area contributed by atoms with Crippen molar-refractivity contribution < 1.29 is 13.2 Å². The maximum atomic E-state index is 12.3. The zero-order chi connectivity index (χ0) is 12.5. The fourth-order valence-corrected chi connectivity index (χ4v) is 3.04. The van der Waals surface area contributed by atoms with Crippen LogP contribution in [0.25, 0.3) is 0 Å². The van der Waals surface area contributed by atoms with E-state index >= 15 is 0 Å². The van der Waals surface area contributed by atoms with Gasteiger partial charge in [0.15, 0.2) is 6.29 Å². The van der Waals surface area contributed by atoms with Gasteiger partial charge in [-0.25, -0.2) is 13.4 Å². The maximum absolute atomic E-state index is 12.3. The Morgan fingerprint density at radius 3 is 2.53 bits per heavy atom. The molecule has 0 aromatic heterocycles. The number of aliphatic imine (C=N–C) groups is 1. The molecule has 0 spiro atoms. The Balaban J connectivity index is 2.66. The third-order valence-electron chi connectivity index (χ3n) is 2.43. The Morgan fingerprint density at radius 1 is 1.29 bits per heavy atom. The number of aryl methyl sites for hydroxylation is 1. The number of azo groups is 1. The molecular formula is C10H9N3O3S. The van der Waals surface area contributed by atoms with Crippen LogP contribution in [0.4, 0.5) is 0 Å². The second-order valence-electron chi connectivity index (χ2n) is 3.51. The highest BCUT2D eigenvalue weighted by Crippen LogP contribution is 2.31. The van der Waals surface area contributed by atoms with Gasteiger partial charge in [0.2, 0.25) is 9.84 Å². The van der Waals surface area contributed by atoms with Gasteiger partial charge >= 0.3 is 4.99 Å². The highest BCUT2D eigenvalue weighted by atomic mass is 32.2. The molecule has 0 radical (unpaired) electrons. The molecule has 1 aromatic rings. The van der Waals surface area contributed by atoms with Crippen LogP contribution in [0.15, 0.2) is 44.4 Å². The number of aldehydes is 1. The van der Waals surface area contributed by atoms with Crippen molar-refractivity contribution in [1.82, 2.24) is 0 Å². The van der Waals surface area contributed by atoms with Crippen LogP contribution in [-0.4, -0.2) is 26.0 Å². The van der Waals surface area contributed by atoms with Crippen molar-refractivity contribution in [2.24, 2.45) is 15.2 Å². The van der Waals surface area contributed by atoms with E-state index in [9.17, 15) is 13.2 Å². The number of hydrogen-bond acceptors (Lipinski definition) is 6. The van der Waals surface area contributed by atoms with E-state index in [1.807, 2.05) is 0 Å². The van der Waals surface area contributed by atoms with E-state index in [2.05, 4.69) is 15.2 Å². The molecule has 1 atom stereocenters. The van der Waals surface area contributed by atoms with Crippen LogP contribution in [-0.2, 0) is 14.6 Å². The summed E-state index contributed by atoms with van der Waals surface area (Å²) in [6.07, 6.45) is 1.14. The zero-order valence-electron chi connectivity index (χ0n) is 8.94. The third-order valence-corrected chi connectivity index (χ3v) is 4.54. The SMILES string of the molecule is Cc1ccccc1S(=O)(=O)C1(C=O)N=CN=N1. The Morgan fingerprint density at radius 2 is 2.00 bits per heavy atom. The fourth-order valence-electron chi connectivity index (χ4n) is 1.50. The monoisotopic (exact) mass is 251 g/mol. The lowest BCUT2D eigenvalue weighted by Gasteiger charge is -2.16. The number of hydrogen-bond donors (Lipinski definition) is 0. The van der Waals surface area contributed by atoms with Gasteiger partial charge in [0.05, 0.1) is 4.90 Å². The standard InChI is InChI=1S/C10H9N3O3S/c1-8-4-2-3-5-9(8)17(15,16)10(6-14)11-7-12-13-10/h2-7H,1H3. The van der Waals surface area contributed by atoms with Gasteiger partial charge in [0.1, 0.15) is 6.34 Å². The highest BCUT2D eigenvalue weighted by molar-refractivity contribution is 7.93. The minimum Gasteiger partial charge on any atom is -0.297 e. The van der Waals surface area contributed by atoms with E-state index in [1.165, 1.54) is 6.07 Å². The quantitative estimate of drug-likeness (QED) is 0.754. The van der Waals surface area contributed by atoms with Crippen molar-refractivity contribution in [3.8, 4) is 0 Å². The van der Waals surface area contributed by atoms with Gasteiger partial charge in [0, 0.05) is 0 Å². The first-order valence-corrected chi connectivity index (χ1v) is 6.24. The van der Waals surface area contributed by atoms with E-state index in [0.717, 1.165) is 6.34 Å². The van der Waals surface area contributed by atoms with Crippen LogP contribution in [0.5, 0.6) is 0 Å². The lowest BCUT2D eigenvalue weighted by molar-refractivity contribution is -0.109. The summed E-state index contributed by atoms with van der Waals surface area (Å²) in [6, 6.07) is 6.34. The molecule has 0 N–H and O–H groups in total. The van der Waals surface area contributed by atoms with Gasteiger partial charge in [-0.3, -0.25) is 4.79 Å². The van der Waals surface area contributed by atoms with Crippen LogP contribution >= 0.6 is 0 Å². The first-order valence-electron chi connectivity index (χ1n) is 4.76. The van der Waals surface area contributed by atoms with Gasteiger partial charge in [0.25, 0.3) is 0 Å². The van der Waals surface area contributed by atoms with Crippen molar-refractivity contribution >= 4 is 22.5 Å². The Labute approximate surface area is 98.0 Å². The summed E-state index contributed by atoms with van der Waals surface area (Å²) < 4.78 is 24.6. The van der Waals surface area contributed by atoms with Crippen molar-refractivity contribution in [1.29, 1.82) is 0 Å². The molecule has 0 bridgehead atoms. The minimum absolute atomic E-state index is 0.0325. The summed E-state index contributed by atoms with van der Waals surface area (Å²) in [6.45, 7) is 1.64. The van der Waals surface area contributed by atoms with E-state index in [4.69, 9.17) is 0 Å². The van der Waals surface area contributed by atoms with Crippen molar-refractivity contribution in [2.75, 3.05) is 0 Å². The smallest absolute Gasteiger partial charge is 0.297 e. The number of nitrogens with zero attached hydrogens (tertiary/aromatic N) is 3. The van der Waals surface area contributed by atoms with Gasteiger partial charge in [-0.1, -0.05) is 18.2 Å². The second kappa shape index (κ2) is 3.85. The molecule has 0 saturated carbocycles. The molecule has 0 amide bonds. The Hall–Kier alpha value is -1.89. The molecule has 1 heterocycles. The summed E-state index contributed by atoms with van der Waals surface area (Å²) >= 11 is 0. The predicted octanol–water partition coefficient (Wildman–Crippen LogP) is 1.12. The first kappa shape index (κ1) is 11.6. The number of carbonyl (C=O) groups is 1. The van der Waals surface area contributed by atoms with Gasteiger partial charge in [-0.05, 0) is 18.6 Å². The fraction of sp³-hybridized carbons (Fsp3) is 0.200. The molecular weight excluding hydrogens is 242 g/mol. The highest BCUT2D eigenvalue weighted by Gasteiger charge is 2.47. The second-order valence-corrected chi connectivity index (χ2v) is 5.55. The van der Waals surface area contributed by atoms with E-state index in [-0.39, 0.29) is 11.2 Å². The van der Waals surface area contributed by atoms with Gasteiger partial charge < -0.3 is 0 Å². The molecule has 7 heteroatoms. The van der Waals surface area contributed by atoms with Gasteiger partial charge in [-0.2, -0.15) is 0 Å². The summed E-state index contributed by atoms with van der Waals surface area (Å²) in [5.74, 6) is 0. The van der Waals surface area contributed by atoms with Crippen molar-refractivity contribution in [2.45, 2.75) is 16.8 Å².